The Bertz CT molecular complexity index is 3060. The van der Waals surface area contributed by atoms with Gasteiger partial charge in [-0.25, -0.2) is 15.0 Å². The van der Waals surface area contributed by atoms with Gasteiger partial charge in [-0.05, 0) is 52.7 Å². The summed E-state index contributed by atoms with van der Waals surface area (Å²) in [5, 5.41) is 12.4. The van der Waals surface area contributed by atoms with Gasteiger partial charge in [0.25, 0.3) is 0 Å². The van der Waals surface area contributed by atoms with Crippen molar-refractivity contribution in [3.05, 3.63) is 146 Å². The number of pyridine rings is 1. The molecule has 1 unspecified atom stereocenters. The molecule has 11 rings (SSSR count). The highest BCUT2D eigenvalue weighted by molar-refractivity contribution is 6.25. The summed E-state index contributed by atoms with van der Waals surface area (Å²) in [6.07, 6.45) is 10.3. The highest BCUT2D eigenvalue weighted by Gasteiger charge is 2.22. The van der Waals surface area contributed by atoms with Gasteiger partial charge >= 0.3 is 0 Å². The molecule has 0 amide bonds. The van der Waals surface area contributed by atoms with Gasteiger partial charge in [0.1, 0.15) is 11.2 Å². The minimum atomic E-state index is -0.110. The van der Waals surface area contributed by atoms with Crippen LogP contribution in [0.5, 0.6) is 0 Å². The number of imidazole rings is 1. The van der Waals surface area contributed by atoms with Crippen LogP contribution in [0.15, 0.2) is 144 Å². The maximum Gasteiger partial charge on any atom is 0.152 e. The first-order valence-corrected chi connectivity index (χ1v) is 16.2. The first kappa shape index (κ1) is 25.6. The second kappa shape index (κ2) is 9.50. The third-order valence-corrected chi connectivity index (χ3v) is 9.81. The third-order valence-electron chi connectivity index (χ3n) is 9.81. The van der Waals surface area contributed by atoms with Crippen molar-refractivity contribution in [3.63, 3.8) is 0 Å². The van der Waals surface area contributed by atoms with Gasteiger partial charge in [-0.3, -0.25) is 4.40 Å². The average Bonchev–Trinajstić information content (AvgIpc) is 3.71. The third kappa shape index (κ3) is 3.54. The second-order valence-electron chi connectivity index (χ2n) is 12.5. The van der Waals surface area contributed by atoms with Crippen LogP contribution in [-0.4, -0.2) is 19.4 Å². The molecule has 0 saturated heterocycles. The van der Waals surface area contributed by atoms with E-state index in [0.29, 0.717) is 0 Å². The van der Waals surface area contributed by atoms with Crippen molar-refractivity contribution in [2.45, 2.75) is 6.04 Å². The van der Waals surface area contributed by atoms with Gasteiger partial charge in [0.2, 0.25) is 0 Å². The quantitative estimate of drug-likeness (QED) is 0.196. The Balaban J connectivity index is 1.21. The summed E-state index contributed by atoms with van der Waals surface area (Å²) in [6, 6.07) is 38.0. The topological polar surface area (TPSA) is 68.2 Å². The van der Waals surface area contributed by atoms with Crippen LogP contribution in [0.4, 0.5) is 0 Å². The van der Waals surface area contributed by atoms with E-state index in [1.807, 2.05) is 30.5 Å². The van der Waals surface area contributed by atoms with E-state index in [9.17, 15) is 0 Å². The van der Waals surface area contributed by atoms with Crippen molar-refractivity contribution >= 4 is 82.0 Å². The number of nitrogens with zero attached hydrogens (tertiary/aromatic N) is 4. The van der Waals surface area contributed by atoms with E-state index in [2.05, 4.69) is 119 Å². The van der Waals surface area contributed by atoms with Gasteiger partial charge in [-0.15, -0.1) is 0 Å². The lowest BCUT2D eigenvalue weighted by Crippen LogP contribution is -2.18. The first-order valence-electron chi connectivity index (χ1n) is 16.2. The van der Waals surface area contributed by atoms with Crippen molar-refractivity contribution in [2.24, 2.45) is 0 Å². The van der Waals surface area contributed by atoms with Crippen LogP contribution in [0.1, 0.15) is 11.7 Å². The molecule has 224 valence electrons. The summed E-state index contributed by atoms with van der Waals surface area (Å²) >= 11 is 0. The lowest BCUT2D eigenvalue weighted by atomic mass is 9.95. The molecule has 1 atom stereocenters. The SMILES string of the molecule is C1=CNC(c2nc3c(ccc4ccccc43)nc2-c2ccc3c(c2)c2ccccc2c2nc4cc5c(cn4c32)oc2ccccc25)C=C1. The van der Waals surface area contributed by atoms with E-state index >= 15 is 0 Å². The molecule has 0 radical (unpaired) electrons. The lowest BCUT2D eigenvalue weighted by Gasteiger charge is -2.20. The number of para-hydroxylation sites is 1. The van der Waals surface area contributed by atoms with Crippen LogP contribution in [0.2, 0.25) is 0 Å². The second-order valence-corrected chi connectivity index (χ2v) is 12.5. The fourth-order valence-corrected chi connectivity index (χ4v) is 7.60. The number of furan rings is 1. The maximum atomic E-state index is 6.31. The molecule has 1 aliphatic heterocycles. The van der Waals surface area contributed by atoms with Crippen molar-refractivity contribution < 1.29 is 4.42 Å². The summed E-state index contributed by atoms with van der Waals surface area (Å²) in [6.45, 7) is 0. The van der Waals surface area contributed by atoms with Crippen LogP contribution in [-0.2, 0) is 0 Å². The predicted molar refractivity (Wildman–Crippen MR) is 195 cm³/mol. The van der Waals surface area contributed by atoms with Gasteiger partial charge in [0.05, 0.1) is 45.7 Å². The largest absolute Gasteiger partial charge is 0.455 e. The molecular formula is C42H25N5O. The molecular weight excluding hydrogens is 590 g/mol. The van der Waals surface area contributed by atoms with E-state index < -0.39 is 0 Å². The monoisotopic (exact) mass is 615 g/mol. The minimum absolute atomic E-state index is 0.110. The molecule has 6 heteroatoms. The summed E-state index contributed by atoms with van der Waals surface area (Å²) in [5.74, 6) is 0. The summed E-state index contributed by atoms with van der Waals surface area (Å²) in [7, 11) is 0. The number of rotatable bonds is 2. The number of fused-ring (bicyclic) bond motifs is 14. The molecule has 10 aromatic rings. The van der Waals surface area contributed by atoms with Crippen molar-refractivity contribution in [2.75, 3.05) is 0 Å². The van der Waals surface area contributed by atoms with Gasteiger partial charge in [0.15, 0.2) is 5.58 Å². The standard InChI is InChI=1S/C42H25N5O/c1-2-10-26-24(9-1)17-19-34-39(26)46-41(33-14-7-8-20-43-33)38(44-34)25-16-18-30-31(21-25)27-11-3-4-13-29(27)40-42(30)47-23-36-32(22-37(47)45-40)28-12-5-6-15-35(28)48-36/h1-23,33,43H. The zero-order valence-electron chi connectivity index (χ0n) is 25.6. The van der Waals surface area contributed by atoms with Crippen molar-refractivity contribution in [3.8, 4) is 11.3 Å². The summed E-state index contributed by atoms with van der Waals surface area (Å²) < 4.78 is 8.49. The lowest BCUT2D eigenvalue weighted by molar-refractivity contribution is 0.666. The Kier molecular flexibility index (Phi) is 5.07. The Hall–Kier alpha value is -6.53. The Labute approximate surface area is 273 Å². The van der Waals surface area contributed by atoms with Crippen molar-refractivity contribution in [1.82, 2.24) is 24.7 Å². The molecule has 0 saturated carbocycles. The van der Waals surface area contributed by atoms with Crippen LogP contribution in [0.25, 0.3) is 93.2 Å². The molecule has 0 aliphatic carbocycles. The molecule has 0 fully saturated rings. The molecule has 0 bridgehead atoms. The number of hydrogen-bond donors (Lipinski definition) is 1. The van der Waals surface area contributed by atoms with Gasteiger partial charge in [-0.1, -0.05) is 97.1 Å². The highest BCUT2D eigenvalue weighted by Crippen LogP contribution is 2.40. The number of benzene rings is 6. The molecule has 48 heavy (non-hydrogen) atoms. The molecule has 1 aliphatic rings. The average molecular weight is 616 g/mol. The maximum absolute atomic E-state index is 6.31. The van der Waals surface area contributed by atoms with Crippen LogP contribution in [0.3, 0.4) is 0 Å². The number of dihydropyridines is 1. The fourth-order valence-electron chi connectivity index (χ4n) is 7.60. The molecule has 6 nitrogen and oxygen atoms in total. The molecule has 5 heterocycles. The fraction of sp³-hybridized carbons (Fsp3) is 0.0238. The zero-order valence-corrected chi connectivity index (χ0v) is 25.6. The number of hydrogen-bond acceptors (Lipinski definition) is 5. The van der Waals surface area contributed by atoms with E-state index in [1.54, 1.807) is 0 Å². The highest BCUT2D eigenvalue weighted by atomic mass is 16.3. The van der Waals surface area contributed by atoms with E-state index in [-0.39, 0.29) is 6.04 Å². The first-order chi connectivity index (χ1) is 23.8. The molecule has 4 aromatic heterocycles. The van der Waals surface area contributed by atoms with Crippen LogP contribution in [0, 0.1) is 0 Å². The molecule has 6 aromatic carbocycles. The molecule has 0 spiro atoms. The van der Waals surface area contributed by atoms with Gasteiger partial charge in [0, 0.05) is 32.5 Å². The Morgan fingerprint density at radius 1 is 0.604 bits per heavy atom. The van der Waals surface area contributed by atoms with Crippen LogP contribution >= 0.6 is 0 Å². The summed E-state index contributed by atoms with van der Waals surface area (Å²) in [4.78, 5) is 15.9. The zero-order chi connectivity index (χ0) is 31.3. The van der Waals surface area contributed by atoms with E-state index in [1.165, 1.54) is 0 Å². The van der Waals surface area contributed by atoms with Gasteiger partial charge in [-0.2, -0.15) is 0 Å². The smallest absolute Gasteiger partial charge is 0.152 e. The Morgan fingerprint density at radius 2 is 1.44 bits per heavy atom. The van der Waals surface area contributed by atoms with Gasteiger partial charge < -0.3 is 9.73 Å². The predicted octanol–water partition coefficient (Wildman–Crippen LogP) is 10.2. The molecule has 1 N–H and O–H groups in total. The number of allylic oxidation sites excluding steroid dienone is 2. The normalized spacial score (nSPS) is 14.9. The van der Waals surface area contributed by atoms with E-state index in [0.717, 1.165) is 98.9 Å². The van der Waals surface area contributed by atoms with Crippen molar-refractivity contribution in [1.29, 1.82) is 0 Å². The summed E-state index contributed by atoms with van der Waals surface area (Å²) in [5.41, 5.74) is 9.21. The Morgan fingerprint density at radius 3 is 2.33 bits per heavy atom. The van der Waals surface area contributed by atoms with Crippen LogP contribution < -0.4 is 5.32 Å². The number of nitrogens with one attached hydrogen (secondary N) is 1. The number of aromatic nitrogens is 4. The van der Waals surface area contributed by atoms with E-state index in [4.69, 9.17) is 19.4 Å². The minimum Gasteiger partial charge on any atom is -0.455 e.